The van der Waals surface area contributed by atoms with Crippen molar-refractivity contribution < 1.29 is 4.79 Å². The van der Waals surface area contributed by atoms with Crippen molar-refractivity contribution in [2.75, 3.05) is 44.2 Å². The van der Waals surface area contributed by atoms with Gasteiger partial charge >= 0.3 is 0 Å². The van der Waals surface area contributed by atoms with E-state index in [9.17, 15) is 9.59 Å². The van der Waals surface area contributed by atoms with Crippen molar-refractivity contribution in [3.05, 3.63) is 70.5 Å². The van der Waals surface area contributed by atoms with Crippen LogP contribution in [0.5, 0.6) is 0 Å². The molecule has 3 aromatic rings. The highest BCUT2D eigenvalue weighted by Crippen LogP contribution is 2.22. The normalized spacial score (nSPS) is 16.1. The summed E-state index contributed by atoms with van der Waals surface area (Å²) in [6.45, 7) is 9.80. The molecule has 0 radical (unpaired) electrons. The number of nitrogens with zero attached hydrogens (tertiary/aromatic N) is 4. The molecule has 1 N–H and O–H groups in total. The Kier molecular flexibility index (Phi) is 8.53. The number of carbonyl (C=O) groups excluding carboxylic acids is 1. The summed E-state index contributed by atoms with van der Waals surface area (Å²) in [5.41, 5.74) is 2.58. The zero-order chi connectivity index (χ0) is 24.6. The van der Waals surface area contributed by atoms with Crippen LogP contribution < -0.4 is 15.8 Å². The molecule has 0 bridgehead atoms. The third-order valence-electron chi connectivity index (χ3n) is 6.96. The topological polar surface area (TPSA) is 70.5 Å². The number of para-hydroxylation sites is 2. The van der Waals surface area contributed by atoms with Gasteiger partial charge in [0.25, 0.3) is 5.56 Å². The molecule has 0 aliphatic carbocycles. The molecule has 4 rings (SSSR count). The van der Waals surface area contributed by atoms with Crippen molar-refractivity contribution in [2.45, 2.75) is 39.7 Å². The van der Waals surface area contributed by atoms with Gasteiger partial charge in [0.05, 0.1) is 23.5 Å². The summed E-state index contributed by atoms with van der Waals surface area (Å²) in [6.07, 6.45) is 2.65. The Morgan fingerprint density at radius 3 is 2.60 bits per heavy atom. The molecule has 186 valence electrons. The molecule has 1 amide bonds. The molecule has 1 saturated heterocycles. The van der Waals surface area contributed by atoms with Gasteiger partial charge in [0.1, 0.15) is 0 Å². The highest BCUT2D eigenvalue weighted by atomic mass is 16.2. The molecule has 7 heteroatoms. The molecular formula is C28H37N5O2. The summed E-state index contributed by atoms with van der Waals surface area (Å²) in [6, 6.07) is 17.8. The largest absolute Gasteiger partial charge is 0.356 e. The lowest BCUT2D eigenvalue weighted by Gasteiger charge is -2.33. The van der Waals surface area contributed by atoms with Gasteiger partial charge in [-0.3, -0.25) is 14.2 Å². The number of benzene rings is 2. The van der Waals surface area contributed by atoms with Crippen molar-refractivity contribution in [1.82, 2.24) is 19.8 Å². The maximum atomic E-state index is 13.6. The van der Waals surface area contributed by atoms with Crippen LogP contribution in [0.1, 0.15) is 38.7 Å². The molecule has 2 aromatic carbocycles. The highest BCUT2D eigenvalue weighted by molar-refractivity contribution is 5.80. The molecule has 0 saturated carbocycles. The van der Waals surface area contributed by atoms with E-state index in [1.54, 1.807) is 0 Å². The van der Waals surface area contributed by atoms with Gasteiger partial charge in [-0.1, -0.05) is 56.3 Å². The number of amides is 1. The van der Waals surface area contributed by atoms with Crippen LogP contribution in [0, 0.1) is 5.92 Å². The van der Waals surface area contributed by atoms with E-state index in [4.69, 9.17) is 4.98 Å². The average molecular weight is 476 g/mol. The minimum absolute atomic E-state index is 0.0830. The number of hydrogen-bond acceptors (Lipinski definition) is 5. The quantitative estimate of drug-likeness (QED) is 0.455. The molecule has 1 atom stereocenters. The van der Waals surface area contributed by atoms with Crippen LogP contribution in [-0.2, 0) is 11.3 Å². The summed E-state index contributed by atoms with van der Waals surface area (Å²) < 4.78 is 1.81. The second kappa shape index (κ2) is 12.0. The molecule has 35 heavy (non-hydrogen) atoms. The second-order valence-corrected chi connectivity index (χ2v) is 9.26. The number of nitrogens with one attached hydrogen (secondary N) is 1. The number of rotatable bonds is 10. The minimum atomic E-state index is -0.132. The Bertz CT molecular complexity index is 1170. The number of anilines is 1. The number of fused-ring (bicyclic) bond motifs is 1. The van der Waals surface area contributed by atoms with Crippen LogP contribution in [0.4, 0.5) is 5.82 Å². The van der Waals surface area contributed by atoms with E-state index in [1.165, 1.54) is 0 Å². The molecular weight excluding hydrogens is 438 g/mol. The predicted octanol–water partition coefficient (Wildman–Crippen LogP) is 3.51. The van der Waals surface area contributed by atoms with E-state index in [-0.39, 0.29) is 17.4 Å². The van der Waals surface area contributed by atoms with Crippen LogP contribution in [0.3, 0.4) is 0 Å². The summed E-state index contributed by atoms with van der Waals surface area (Å²) in [7, 11) is 0. The Hall–Kier alpha value is -3.19. The van der Waals surface area contributed by atoms with Gasteiger partial charge < -0.3 is 15.1 Å². The first-order valence-corrected chi connectivity index (χ1v) is 12.9. The smallest absolute Gasteiger partial charge is 0.294 e. The third-order valence-corrected chi connectivity index (χ3v) is 6.96. The lowest BCUT2D eigenvalue weighted by Crippen LogP contribution is -2.46. The number of hydrogen-bond donors (Lipinski definition) is 1. The van der Waals surface area contributed by atoms with Gasteiger partial charge in [-0.15, -0.1) is 0 Å². The van der Waals surface area contributed by atoms with E-state index in [0.717, 1.165) is 62.0 Å². The Balaban J connectivity index is 1.50. The predicted molar refractivity (Wildman–Crippen MR) is 142 cm³/mol. The van der Waals surface area contributed by atoms with Gasteiger partial charge in [0, 0.05) is 19.6 Å². The highest BCUT2D eigenvalue weighted by Gasteiger charge is 2.28. The Morgan fingerprint density at radius 1 is 1.09 bits per heavy atom. The molecule has 0 spiro atoms. The van der Waals surface area contributed by atoms with Crippen LogP contribution >= 0.6 is 0 Å². The average Bonchev–Trinajstić information content (AvgIpc) is 2.90. The maximum absolute atomic E-state index is 13.6. The van der Waals surface area contributed by atoms with Gasteiger partial charge in [-0.05, 0) is 56.6 Å². The van der Waals surface area contributed by atoms with Gasteiger partial charge in [0.15, 0.2) is 5.82 Å². The first-order chi connectivity index (χ1) is 17.1. The monoisotopic (exact) mass is 475 g/mol. The Morgan fingerprint density at radius 2 is 1.83 bits per heavy atom. The van der Waals surface area contributed by atoms with Crippen molar-refractivity contribution in [3.8, 4) is 0 Å². The fraction of sp³-hybridized carbons (Fsp3) is 0.464. The molecule has 1 aromatic heterocycles. The molecule has 7 nitrogen and oxygen atoms in total. The zero-order valence-electron chi connectivity index (χ0n) is 20.9. The van der Waals surface area contributed by atoms with Crippen LogP contribution in [0.2, 0.25) is 0 Å². The fourth-order valence-corrected chi connectivity index (χ4v) is 4.89. The lowest BCUT2D eigenvalue weighted by atomic mass is 9.97. The number of carbonyl (C=O) groups is 1. The Labute approximate surface area is 207 Å². The molecule has 1 aliphatic heterocycles. The van der Waals surface area contributed by atoms with Crippen LogP contribution in [-0.4, -0.2) is 59.6 Å². The van der Waals surface area contributed by atoms with E-state index in [1.807, 2.05) is 64.1 Å². The summed E-state index contributed by atoms with van der Waals surface area (Å²) in [5, 5.41) is 3.12. The van der Waals surface area contributed by atoms with Crippen molar-refractivity contribution in [2.24, 2.45) is 5.92 Å². The van der Waals surface area contributed by atoms with E-state index in [2.05, 4.69) is 24.1 Å². The summed E-state index contributed by atoms with van der Waals surface area (Å²) >= 11 is 0. The summed E-state index contributed by atoms with van der Waals surface area (Å²) in [4.78, 5) is 35.7. The zero-order valence-corrected chi connectivity index (χ0v) is 20.9. The number of aromatic nitrogens is 2. The molecule has 1 aliphatic rings. The van der Waals surface area contributed by atoms with E-state index < -0.39 is 0 Å². The van der Waals surface area contributed by atoms with Crippen LogP contribution in [0.25, 0.3) is 11.0 Å². The molecule has 1 fully saturated rings. The third kappa shape index (κ3) is 6.09. The maximum Gasteiger partial charge on any atom is 0.294 e. The SMILES string of the molecule is CCN(CC)CCCNC(=O)[C@@H]1CCCN(c2nc3ccccc3n(Cc3ccccc3)c2=O)C1. The summed E-state index contributed by atoms with van der Waals surface area (Å²) in [5.74, 6) is 0.394. The second-order valence-electron chi connectivity index (χ2n) is 9.26. The van der Waals surface area contributed by atoms with Gasteiger partial charge in [-0.25, -0.2) is 4.98 Å². The first-order valence-electron chi connectivity index (χ1n) is 12.9. The van der Waals surface area contributed by atoms with E-state index in [0.29, 0.717) is 25.5 Å². The van der Waals surface area contributed by atoms with Gasteiger partial charge in [0.2, 0.25) is 5.91 Å². The van der Waals surface area contributed by atoms with Crippen molar-refractivity contribution >= 4 is 22.8 Å². The van der Waals surface area contributed by atoms with Gasteiger partial charge in [-0.2, -0.15) is 0 Å². The van der Waals surface area contributed by atoms with Crippen LogP contribution in [0.15, 0.2) is 59.4 Å². The van der Waals surface area contributed by atoms with Crippen molar-refractivity contribution in [1.29, 1.82) is 0 Å². The number of piperidine rings is 1. The first kappa shape index (κ1) is 24.9. The minimum Gasteiger partial charge on any atom is -0.356 e. The lowest BCUT2D eigenvalue weighted by molar-refractivity contribution is -0.125. The molecule has 2 heterocycles. The van der Waals surface area contributed by atoms with E-state index >= 15 is 0 Å². The fourth-order valence-electron chi connectivity index (χ4n) is 4.89. The van der Waals surface area contributed by atoms with Crippen molar-refractivity contribution in [3.63, 3.8) is 0 Å². The standard InChI is InChI=1S/C28H37N5O2/c1-3-31(4-2)18-11-17-29-27(34)23-14-10-19-32(21-23)26-28(35)33(20-22-12-6-5-7-13-22)25-16-9-8-15-24(25)30-26/h5-9,12-13,15-16,23H,3-4,10-11,14,17-21H2,1-2H3,(H,29,34)/t23-/m1/s1. The molecule has 0 unspecified atom stereocenters.